The van der Waals surface area contributed by atoms with Gasteiger partial charge in [-0.2, -0.15) is 4.98 Å². The minimum Gasteiger partial charge on any atom is -0.343 e. The lowest BCUT2D eigenvalue weighted by Crippen LogP contribution is -2.28. The van der Waals surface area contributed by atoms with Crippen molar-refractivity contribution >= 4 is 11.9 Å². The van der Waals surface area contributed by atoms with Crippen molar-refractivity contribution in [1.29, 1.82) is 0 Å². The Hall–Kier alpha value is -2.37. The molecule has 0 saturated carbocycles. The number of aromatic nitrogens is 2. The van der Waals surface area contributed by atoms with E-state index in [1.807, 2.05) is 56.0 Å². The van der Waals surface area contributed by atoms with Crippen LogP contribution in [0.1, 0.15) is 43.0 Å². The van der Waals surface area contributed by atoms with Gasteiger partial charge >= 0.3 is 6.01 Å². The average molecular weight is 288 g/mol. The van der Waals surface area contributed by atoms with Crippen LogP contribution in [0.3, 0.4) is 0 Å². The third kappa shape index (κ3) is 3.59. The molecule has 1 unspecified atom stereocenters. The van der Waals surface area contributed by atoms with Crippen molar-refractivity contribution in [1.82, 2.24) is 15.5 Å². The lowest BCUT2D eigenvalue weighted by Gasteiger charge is -2.14. The Morgan fingerprint density at radius 3 is 2.57 bits per heavy atom. The number of amides is 1. The van der Waals surface area contributed by atoms with E-state index in [0.29, 0.717) is 6.01 Å². The monoisotopic (exact) mass is 288 g/mol. The molecular formula is C15H20N4O2. The Labute approximate surface area is 124 Å². The van der Waals surface area contributed by atoms with Gasteiger partial charge in [0.2, 0.25) is 0 Å². The fourth-order valence-corrected chi connectivity index (χ4v) is 2.02. The molecule has 1 amide bonds. The van der Waals surface area contributed by atoms with E-state index >= 15 is 0 Å². The van der Waals surface area contributed by atoms with E-state index in [4.69, 9.17) is 4.52 Å². The van der Waals surface area contributed by atoms with Gasteiger partial charge in [-0.15, -0.1) is 0 Å². The second-order valence-corrected chi connectivity index (χ2v) is 4.68. The number of anilines is 1. The highest BCUT2D eigenvalue weighted by Crippen LogP contribution is 2.13. The van der Waals surface area contributed by atoms with Gasteiger partial charge in [0.25, 0.3) is 11.7 Å². The summed E-state index contributed by atoms with van der Waals surface area (Å²) >= 11 is 0. The van der Waals surface area contributed by atoms with E-state index in [0.717, 1.165) is 18.7 Å². The highest BCUT2D eigenvalue weighted by molar-refractivity contribution is 5.90. The first-order valence-corrected chi connectivity index (χ1v) is 7.10. The summed E-state index contributed by atoms with van der Waals surface area (Å²) in [7, 11) is 0. The molecule has 1 aromatic heterocycles. The van der Waals surface area contributed by atoms with E-state index < -0.39 is 0 Å². The zero-order valence-corrected chi connectivity index (χ0v) is 12.5. The first-order chi connectivity index (χ1) is 10.2. The van der Waals surface area contributed by atoms with E-state index in [9.17, 15) is 4.79 Å². The smallest absolute Gasteiger partial charge is 0.324 e. The van der Waals surface area contributed by atoms with Crippen LogP contribution in [-0.4, -0.2) is 29.1 Å². The molecule has 1 aromatic carbocycles. The number of hydrogen-bond acceptors (Lipinski definition) is 5. The number of benzene rings is 1. The molecule has 0 aliphatic carbocycles. The van der Waals surface area contributed by atoms with Crippen LogP contribution >= 0.6 is 0 Å². The topological polar surface area (TPSA) is 71.3 Å². The number of carbonyl (C=O) groups is 1. The van der Waals surface area contributed by atoms with Crippen LogP contribution in [0.4, 0.5) is 6.01 Å². The van der Waals surface area contributed by atoms with Crippen molar-refractivity contribution in [3.63, 3.8) is 0 Å². The van der Waals surface area contributed by atoms with Gasteiger partial charge in [0.15, 0.2) is 0 Å². The molecule has 0 radical (unpaired) electrons. The van der Waals surface area contributed by atoms with Crippen molar-refractivity contribution in [3.8, 4) is 0 Å². The van der Waals surface area contributed by atoms with Crippen LogP contribution in [-0.2, 0) is 0 Å². The fourth-order valence-electron chi connectivity index (χ4n) is 2.02. The molecule has 6 nitrogen and oxygen atoms in total. The third-order valence-electron chi connectivity index (χ3n) is 3.30. The van der Waals surface area contributed by atoms with Crippen molar-refractivity contribution in [3.05, 3.63) is 41.7 Å². The van der Waals surface area contributed by atoms with E-state index in [1.165, 1.54) is 0 Å². The van der Waals surface area contributed by atoms with Crippen LogP contribution in [0.25, 0.3) is 0 Å². The molecular weight excluding hydrogens is 268 g/mol. The largest absolute Gasteiger partial charge is 0.343 e. The summed E-state index contributed by atoms with van der Waals surface area (Å²) in [6.45, 7) is 7.40. The molecule has 0 fully saturated rings. The lowest BCUT2D eigenvalue weighted by atomic mass is 10.1. The molecule has 0 aliphatic rings. The highest BCUT2D eigenvalue weighted by Gasteiger charge is 2.19. The summed E-state index contributed by atoms with van der Waals surface area (Å²) in [6, 6.07) is 9.99. The van der Waals surface area contributed by atoms with Gasteiger partial charge in [-0.3, -0.25) is 4.79 Å². The van der Waals surface area contributed by atoms with Crippen LogP contribution in [0.5, 0.6) is 0 Å². The van der Waals surface area contributed by atoms with E-state index in [1.54, 1.807) is 0 Å². The summed E-state index contributed by atoms with van der Waals surface area (Å²) < 4.78 is 5.12. The SMILES string of the molecule is CCN(CC)c1nc(C(=O)NC(C)c2ccccc2)no1. The van der Waals surface area contributed by atoms with Crippen LogP contribution in [0, 0.1) is 0 Å². The van der Waals surface area contributed by atoms with Crippen molar-refractivity contribution < 1.29 is 9.32 Å². The predicted octanol–water partition coefficient (Wildman–Crippen LogP) is 2.41. The molecule has 112 valence electrons. The minimum absolute atomic E-state index is 0.0553. The normalized spacial score (nSPS) is 12.0. The molecule has 1 heterocycles. The quantitative estimate of drug-likeness (QED) is 0.883. The van der Waals surface area contributed by atoms with Gasteiger partial charge in [0.05, 0.1) is 6.04 Å². The second kappa shape index (κ2) is 6.88. The molecule has 0 aliphatic heterocycles. The van der Waals surface area contributed by atoms with E-state index in [-0.39, 0.29) is 17.8 Å². The molecule has 0 bridgehead atoms. The third-order valence-corrected chi connectivity index (χ3v) is 3.30. The zero-order chi connectivity index (χ0) is 15.2. The zero-order valence-electron chi connectivity index (χ0n) is 12.5. The van der Waals surface area contributed by atoms with Crippen LogP contribution in [0.15, 0.2) is 34.9 Å². The molecule has 21 heavy (non-hydrogen) atoms. The standard InChI is InChI=1S/C15H20N4O2/c1-4-19(5-2)15-17-13(18-21-15)14(20)16-11(3)12-9-7-6-8-10-12/h6-11H,4-5H2,1-3H3,(H,16,20). The minimum atomic E-state index is -0.339. The first-order valence-electron chi connectivity index (χ1n) is 7.10. The van der Waals surface area contributed by atoms with Crippen molar-refractivity contribution in [2.75, 3.05) is 18.0 Å². The van der Waals surface area contributed by atoms with E-state index in [2.05, 4.69) is 15.5 Å². The second-order valence-electron chi connectivity index (χ2n) is 4.68. The summed E-state index contributed by atoms with van der Waals surface area (Å²) in [6.07, 6.45) is 0. The van der Waals surface area contributed by atoms with Crippen molar-refractivity contribution in [2.24, 2.45) is 0 Å². The molecule has 0 saturated heterocycles. The maximum atomic E-state index is 12.1. The predicted molar refractivity (Wildman–Crippen MR) is 80.2 cm³/mol. The summed E-state index contributed by atoms with van der Waals surface area (Å²) in [5.74, 6) is -0.284. The van der Waals surface area contributed by atoms with Gasteiger partial charge in [0.1, 0.15) is 0 Å². The molecule has 2 aromatic rings. The highest BCUT2D eigenvalue weighted by atomic mass is 16.5. The average Bonchev–Trinajstić information content (AvgIpc) is 2.99. The first kappa shape index (κ1) is 15.0. The molecule has 1 N–H and O–H groups in total. The number of nitrogens with one attached hydrogen (secondary N) is 1. The van der Waals surface area contributed by atoms with Gasteiger partial charge < -0.3 is 14.7 Å². The molecule has 2 rings (SSSR count). The summed E-state index contributed by atoms with van der Waals surface area (Å²) in [4.78, 5) is 18.2. The van der Waals surface area contributed by atoms with Gasteiger partial charge in [-0.25, -0.2) is 0 Å². The Kier molecular flexibility index (Phi) is 4.92. The Morgan fingerprint density at radius 2 is 1.95 bits per heavy atom. The Bertz CT molecular complexity index is 578. The molecule has 6 heteroatoms. The number of rotatable bonds is 6. The molecule has 0 spiro atoms. The Morgan fingerprint density at radius 1 is 1.29 bits per heavy atom. The van der Waals surface area contributed by atoms with Crippen LogP contribution < -0.4 is 10.2 Å². The summed E-state index contributed by atoms with van der Waals surface area (Å²) in [5.41, 5.74) is 1.03. The maximum absolute atomic E-state index is 12.1. The fraction of sp³-hybridized carbons (Fsp3) is 0.400. The lowest BCUT2D eigenvalue weighted by molar-refractivity contribution is 0.0926. The number of nitrogens with zero attached hydrogens (tertiary/aromatic N) is 3. The van der Waals surface area contributed by atoms with Gasteiger partial charge in [-0.1, -0.05) is 30.3 Å². The number of hydrogen-bond donors (Lipinski definition) is 1. The molecule has 1 atom stereocenters. The number of carbonyl (C=O) groups excluding carboxylic acids is 1. The maximum Gasteiger partial charge on any atom is 0.324 e. The van der Waals surface area contributed by atoms with Crippen molar-refractivity contribution in [2.45, 2.75) is 26.8 Å². The summed E-state index contributed by atoms with van der Waals surface area (Å²) in [5, 5.41) is 6.60. The Balaban J connectivity index is 2.04. The van der Waals surface area contributed by atoms with Gasteiger partial charge in [-0.05, 0) is 31.5 Å². The van der Waals surface area contributed by atoms with Crippen LogP contribution in [0.2, 0.25) is 0 Å². The van der Waals surface area contributed by atoms with Gasteiger partial charge in [0, 0.05) is 13.1 Å².